The Morgan fingerprint density at radius 3 is 1.15 bits per heavy atom. The Morgan fingerprint density at radius 1 is 0.532 bits per heavy atom. The molecule has 0 fully saturated rings. The average molecular weight is 672 g/mol. The minimum Gasteiger partial charge on any atom is -0.375 e. The van der Waals surface area contributed by atoms with Gasteiger partial charge < -0.3 is 10.8 Å². The second-order valence-corrected chi connectivity index (χ2v) is 14.4. The van der Waals surface area contributed by atoms with Crippen molar-refractivity contribution in [3.8, 4) is 0 Å². The van der Waals surface area contributed by atoms with Crippen LogP contribution in [0.4, 0.5) is 0 Å². The fourth-order valence-electron chi connectivity index (χ4n) is 6.17. The monoisotopic (exact) mass is 672 g/mol. The largest absolute Gasteiger partial charge is 0.375 e. The Labute approximate surface area is 294 Å². The lowest BCUT2D eigenvalue weighted by Gasteiger charge is -2.47. The van der Waals surface area contributed by atoms with E-state index in [0.29, 0.717) is 12.8 Å². The molecule has 0 aromatic heterocycles. The zero-order valence-electron chi connectivity index (χ0n) is 30.8. The highest BCUT2D eigenvalue weighted by Gasteiger charge is 2.63. The summed E-state index contributed by atoms with van der Waals surface area (Å²) < 4.78 is 0. The third kappa shape index (κ3) is 20.2. The first-order chi connectivity index (χ1) is 22.5. The van der Waals surface area contributed by atoms with E-state index in [1.165, 1.54) is 6.92 Å². The van der Waals surface area contributed by atoms with Gasteiger partial charge in [0.2, 0.25) is 0 Å². The first-order valence-corrected chi connectivity index (χ1v) is 19.0. The Hall–Kier alpha value is -2.01. The molecule has 1 unspecified atom stereocenters. The van der Waals surface area contributed by atoms with Gasteiger partial charge in [0.25, 0.3) is 0 Å². The maximum absolute atomic E-state index is 13.7. The van der Waals surface area contributed by atoms with Gasteiger partial charge in [0, 0.05) is 12.8 Å². The summed E-state index contributed by atoms with van der Waals surface area (Å²) in [5, 5.41) is 11.1. The molecule has 0 aromatic rings. The molecule has 1 atom stereocenters. The van der Waals surface area contributed by atoms with Crippen molar-refractivity contribution in [2.75, 3.05) is 0 Å². The predicted molar refractivity (Wildman–Crippen MR) is 206 cm³/mol. The molecule has 3 N–H and O–H groups in total. The Balaban J connectivity index is 4.57. The van der Waals surface area contributed by atoms with E-state index in [2.05, 4.69) is 86.8 Å². The number of Topliss-reactive ketones (excluding diaryl/α,β-unsaturated/α-hetero) is 2. The van der Waals surface area contributed by atoms with Gasteiger partial charge in [-0.3, -0.25) is 9.59 Å². The first-order valence-electron chi connectivity index (χ1n) is 18.6. The molecule has 0 aliphatic carbocycles. The van der Waals surface area contributed by atoms with Crippen LogP contribution in [0.3, 0.4) is 0 Å². The third-order valence-electron chi connectivity index (χ3n) is 8.60. The lowest BCUT2D eigenvalue weighted by Crippen LogP contribution is -2.69. The van der Waals surface area contributed by atoms with Crippen LogP contribution in [0.2, 0.25) is 0 Å². The van der Waals surface area contributed by atoms with Crippen LogP contribution in [-0.2, 0) is 9.59 Å². The molecule has 0 rings (SSSR count). The van der Waals surface area contributed by atoms with E-state index in [4.69, 9.17) is 17.3 Å². The third-order valence-corrected chi connectivity index (χ3v) is 8.88. The lowest BCUT2D eigenvalue weighted by atomic mass is 9.61. The van der Waals surface area contributed by atoms with Crippen molar-refractivity contribution in [1.29, 1.82) is 0 Å². The second kappa shape index (κ2) is 27.9. The molecule has 0 aliphatic rings. The van der Waals surface area contributed by atoms with Gasteiger partial charge in [0.1, 0.15) is 11.1 Å². The molecule has 4 nitrogen and oxygen atoms in total. The van der Waals surface area contributed by atoms with E-state index in [0.717, 1.165) is 103 Å². The van der Waals surface area contributed by atoms with Crippen molar-refractivity contribution in [2.24, 2.45) is 11.1 Å². The Kier molecular flexibility index (Phi) is 26.7. The topological polar surface area (TPSA) is 80.4 Å². The minimum atomic E-state index is -2.05. The van der Waals surface area contributed by atoms with Gasteiger partial charge in [-0.15, -0.1) is 11.6 Å². The van der Waals surface area contributed by atoms with Crippen LogP contribution in [0.5, 0.6) is 0 Å². The van der Waals surface area contributed by atoms with Crippen LogP contribution in [0.25, 0.3) is 0 Å². The highest BCUT2D eigenvalue weighted by Crippen LogP contribution is 2.47. The summed E-state index contributed by atoms with van der Waals surface area (Å²) >= 11 is 6.76. The molecule has 0 aromatic carbocycles. The zero-order chi connectivity index (χ0) is 35.3. The predicted octanol–water partition coefficient (Wildman–Crippen LogP) is 12.0. The number of aliphatic hydroxyl groups is 1. The number of hydrogen-bond acceptors (Lipinski definition) is 4. The summed E-state index contributed by atoms with van der Waals surface area (Å²) in [4.78, 5) is 26.1. The quantitative estimate of drug-likeness (QED) is 0.0262. The first kappa shape index (κ1) is 45.0. The number of rotatable bonds is 30. The fourth-order valence-corrected chi connectivity index (χ4v) is 6.57. The average Bonchev–Trinajstić information content (AvgIpc) is 2.99. The molecule has 0 aliphatic heterocycles. The van der Waals surface area contributed by atoms with Gasteiger partial charge in [0.15, 0.2) is 11.6 Å². The van der Waals surface area contributed by atoms with Crippen molar-refractivity contribution in [3.63, 3.8) is 0 Å². The molecule has 0 heterocycles. The van der Waals surface area contributed by atoms with E-state index < -0.39 is 16.0 Å². The summed E-state index contributed by atoms with van der Waals surface area (Å²) in [7, 11) is 0. The number of hydrogen-bond donors (Lipinski definition) is 2. The SMILES string of the molecule is CC/C=C\C/C=C\C/C=C\CCCCCCCC(=O)C(C(=O)CCCCCCC/C=C\C/C=C\C/C=C\CC)(C(C)(N)O)C(C)(C)Cl. The molecule has 0 saturated heterocycles. The van der Waals surface area contributed by atoms with Crippen LogP contribution < -0.4 is 5.73 Å². The Morgan fingerprint density at radius 2 is 0.830 bits per heavy atom. The number of ketones is 2. The molecule has 0 spiro atoms. The number of nitrogens with two attached hydrogens (primary N) is 1. The van der Waals surface area contributed by atoms with Crippen molar-refractivity contribution in [1.82, 2.24) is 0 Å². The van der Waals surface area contributed by atoms with Gasteiger partial charge >= 0.3 is 0 Å². The van der Waals surface area contributed by atoms with Crippen LogP contribution in [0.1, 0.15) is 163 Å². The number of halogens is 1. The summed E-state index contributed by atoms with van der Waals surface area (Å²) in [6.07, 6.45) is 44.7. The molecular weight excluding hydrogens is 602 g/mol. The second-order valence-electron chi connectivity index (χ2n) is 13.4. The van der Waals surface area contributed by atoms with Gasteiger partial charge in [-0.25, -0.2) is 0 Å². The van der Waals surface area contributed by atoms with E-state index in [9.17, 15) is 14.7 Å². The van der Waals surface area contributed by atoms with Gasteiger partial charge in [-0.1, -0.05) is 125 Å². The summed E-state index contributed by atoms with van der Waals surface area (Å²) in [6.45, 7) is 8.90. The molecular formula is C42H70ClNO3. The van der Waals surface area contributed by atoms with Crippen LogP contribution in [0, 0.1) is 5.41 Å². The standard InChI is InChI=1S/C42H70ClNO3/c1-6-8-10-12-14-16-18-20-22-24-26-28-30-32-34-36-38(45)42(40(3,4)43,41(5,44)47)39(46)37-35-33-31-29-27-25-23-21-19-17-15-13-11-9-7-2/h8-11,14-17,20-23,47H,6-7,12-13,18-19,24-37,44H2,1-5H3/b10-8-,11-9-,16-14-,17-15-,22-20-,23-21-. The summed E-state index contributed by atoms with van der Waals surface area (Å²) in [5.41, 5.74) is 2.32. The Bertz CT molecular complexity index is 908. The number of carbonyl (C=O) groups excluding carboxylic acids is 2. The molecule has 0 radical (unpaired) electrons. The fraction of sp³-hybridized carbons (Fsp3) is 0.667. The zero-order valence-corrected chi connectivity index (χ0v) is 31.5. The minimum absolute atomic E-state index is 0.189. The van der Waals surface area contributed by atoms with E-state index in [1.54, 1.807) is 13.8 Å². The molecule has 47 heavy (non-hydrogen) atoms. The summed E-state index contributed by atoms with van der Waals surface area (Å²) in [6, 6.07) is 0. The van der Waals surface area contributed by atoms with Crippen molar-refractivity contribution in [3.05, 3.63) is 72.9 Å². The van der Waals surface area contributed by atoms with Crippen LogP contribution >= 0.6 is 11.6 Å². The molecule has 0 bridgehead atoms. The molecule has 0 saturated carbocycles. The van der Waals surface area contributed by atoms with Crippen molar-refractivity contribution < 1.29 is 14.7 Å². The van der Waals surface area contributed by atoms with Crippen LogP contribution in [0.15, 0.2) is 72.9 Å². The molecule has 0 amide bonds. The van der Waals surface area contributed by atoms with Crippen molar-refractivity contribution >= 4 is 23.2 Å². The maximum Gasteiger partial charge on any atom is 0.152 e. The number of allylic oxidation sites excluding steroid dienone is 12. The maximum atomic E-state index is 13.7. The summed E-state index contributed by atoms with van der Waals surface area (Å²) in [5.74, 6) is -0.676. The van der Waals surface area contributed by atoms with Gasteiger partial charge in [0.05, 0.1) is 4.87 Å². The number of carbonyl (C=O) groups is 2. The smallest absolute Gasteiger partial charge is 0.152 e. The highest BCUT2D eigenvalue weighted by atomic mass is 35.5. The molecule has 268 valence electrons. The van der Waals surface area contributed by atoms with E-state index >= 15 is 0 Å². The van der Waals surface area contributed by atoms with E-state index in [1.807, 2.05) is 0 Å². The van der Waals surface area contributed by atoms with E-state index in [-0.39, 0.29) is 24.4 Å². The highest BCUT2D eigenvalue weighted by molar-refractivity contribution is 6.30. The van der Waals surface area contributed by atoms with Crippen LogP contribution in [-0.4, -0.2) is 27.3 Å². The normalized spacial score (nSPS) is 14.6. The lowest BCUT2D eigenvalue weighted by molar-refractivity contribution is -0.163. The number of alkyl halides is 1. The number of unbranched alkanes of at least 4 members (excludes halogenated alkanes) is 10. The van der Waals surface area contributed by atoms with Gasteiger partial charge in [-0.05, 0) is 97.8 Å². The van der Waals surface area contributed by atoms with Gasteiger partial charge in [-0.2, -0.15) is 0 Å². The molecule has 5 heteroatoms. The van der Waals surface area contributed by atoms with Crippen molar-refractivity contribution in [2.45, 2.75) is 174 Å².